The van der Waals surface area contributed by atoms with Gasteiger partial charge in [0.05, 0.1) is 16.8 Å². The molecule has 0 bridgehead atoms. The Bertz CT molecular complexity index is 1200. The lowest BCUT2D eigenvalue weighted by molar-refractivity contribution is -0.127. The third kappa shape index (κ3) is 3.88. The van der Waals surface area contributed by atoms with Crippen molar-refractivity contribution in [2.45, 2.75) is 83.8 Å². The molecule has 1 aliphatic carbocycles. The minimum atomic E-state index is -1.01. The van der Waals surface area contributed by atoms with Gasteiger partial charge in [-0.2, -0.15) is 0 Å². The van der Waals surface area contributed by atoms with Crippen molar-refractivity contribution in [3.63, 3.8) is 0 Å². The van der Waals surface area contributed by atoms with Gasteiger partial charge in [-0.1, -0.05) is 38.2 Å². The topological polar surface area (TPSA) is 54.3 Å². The van der Waals surface area contributed by atoms with Crippen LogP contribution in [0, 0.1) is 13.8 Å². The number of aromatic nitrogens is 1. The second-order valence-electron chi connectivity index (χ2n) is 9.98. The molecule has 6 heteroatoms. The number of aryl methyl sites for hydroxylation is 2. The van der Waals surface area contributed by atoms with Crippen LogP contribution in [-0.4, -0.2) is 28.0 Å². The van der Waals surface area contributed by atoms with Crippen LogP contribution >= 0.6 is 11.3 Å². The van der Waals surface area contributed by atoms with E-state index in [1.807, 2.05) is 41.1 Å². The maximum atomic E-state index is 14.0. The van der Waals surface area contributed by atoms with Gasteiger partial charge in [0.2, 0.25) is 5.91 Å². The number of rotatable bonds is 3. The molecule has 1 fully saturated rings. The van der Waals surface area contributed by atoms with Gasteiger partial charge in [0.1, 0.15) is 11.2 Å². The molecule has 1 unspecified atom stereocenters. The van der Waals surface area contributed by atoms with E-state index < -0.39 is 5.54 Å². The molecular formula is C27H33N3O2S. The molecule has 0 saturated heterocycles. The number of thiophene rings is 1. The van der Waals surface area contributed by atoms with E-state index >= 15 is 0 Å². The average molecular weight is 464 g/mol. The van der Waals surface area contributed by atoms with E-state index in [4.69, 9.17) is 0 Å². The summed E-state index contributed by atoms with van der Waals surface area (Å²) in [4.78, 5) is 29.6. The summed E-state index contributed by atoms with van der Waals surface area (Å²) in [5, 5.41) is 5.41. The smallest absolute Gasteiger partial charge is 0.275 e. The summed E-state index contributed by atoms with van der Waals surface area (Å²) in [6.07, 6.45) is 8.10. The van der Waals surface area contributed by atoms with Gasteiger partial charge in [-0.05, 0) is 74.4 Å². The van der Waals surface area contributed by atoms with Gasteiger partial charge >= 0.3 is 0 Å². The molecule has 2 aromatic heterocycles. The SMILES string of the molecule is Cc1ccc(N2C(=O)c3cc4sccc4n3CC2(C)C(=O)NC2CCCCCCC2)cc1C. The molecule has 1 saturated carbocycles. The lowest BCUT2D eigenvalue weighted by atomic mass is 9.91. The van der Waals surface area contributed by atoms with Crippen LogP contribution in [0.25, 0.3) is 10.2 Å². The van der Waals surface area contributed by atoms with Crippen LogP contribution in [-0.2, 0) is 11.3 Å². The number of benzene rings is 1. The molecule has 33 heavy (non-hydrogen) atoms. The van der Waals surface area contributed by atoms with Gasteiger partial charge in [-0.3, -0.25) is 14.5 Å². The highest BCUT2D eigenvalue weighted by Crippen LogP contribution is 2.38. The van der Waals surface area contributed by atoms with Crippen molar-refractivity contribution in [2.75, 3.05) is 4.90 Å². The Hall–Kier alpha value is -2.60. The number of amides is 2. The fourth-order valence-electron chi connectivity index (χ4n) is 5.42. The third-order valence-corrected chi connectivity index (χ3v) is 8.44. The molecule has 2 aliphatic rings. The Labute approximate surface area is 199 Å². The van der Waals surface area contributed by atoms with Gasteiger partial charge in [0.15, 0.2) is 0 Å². The Morgan fingerprint density at radius 1 is 1.03 bits per heavy atom. The van der Waals surface area contributed by atoms with Crippen LogP contribution in [0.1, 0.15) is 73.5 Å². The number of carbonyl (C=O) groups is 2. The average Bonchev–Trinajstić information content (AvgIpc) is 3.35. The van der Waals surface area contributed by atoms with Crippen molar-refractivity contribution in [2.24, 2.45) is 0 Å². The molecule has 5 nitrogen and oxygen atoms in total. The van der Waals surface area contributed by atoms with Crippen molar-refractivity contribution in [1.29, 1.82) is 0 Å². The Morgan fingerprint density at radius 2 is 1.76 bits per heavy atom. The van der Waals surface area contributed by atoms with Crippen molar-refractivity contribution < 1.29 is 9.59 Å². The first-order valence-electron chi connectivity index (χ1n) is 12.2. The summed E-state index contributed by atoms with van der Waals surface area (Å²) in [5.41, 5.74) is 3.76. The zero-order valence-corrected chi connectivity index (χ0v) is 20.6. The summed E-state index contributed by atoms with van der Waals surface area (Å²) in [7, 11) is 0. The van der Waals surface area contributed by atoms with Gasteiger partial charge < -0.3 is 9.88 Å². The number of fused-ring (bicyclic) bond motifs is 3. The highest BCUT2D eigenvalue weighted by atomic mass is 32.1. The summed E-state index contributed by atoms with van der Waals surface area (Å²) < 4.78 is 3.13. The second-order valence-corrected chi connectivity index (χ2v) is 10.9. The Kier molecular flexibility index (Phi) is 5.81. The minimum Gasteiger partial charge on any atom is -0.351 e. The lowest BCUT2D eigenvalue weighted by Crippen LogP contribution is -2.65. The van der Waals surface area contributed by atoms with Gasteiger partial charge in [-0.25, -0.2) is 0 Å². The fraction of sp³-hybridized carbons (Fsp3) is 0.481. The quantitative estimate of drug-likeness (QED) is 0.520. The monoisotopic (exact) mass is 463 g/mol. The Balaban J connectivity index is 1.56. The van der Waals surface area contributed by atoms with Gasteiger partial charge in [0, 0.05) is 11.7 Å². The maximum Gasteiger partial charge on any atom is 0.275 e. The highest BCUT2D eigenvalue weighted by molar-refractivity contribution is 7.17. The largest absolute Gasteiger partial charge is 0.351 e. The van der Waals surface area contributed by atoms with E-state index in [1.54, 1.807) is 16.2 Å². The molecule has 3 heterocycles. The summed E-state index contributed by atoms with van der Waals surface area (Å²) >= 11 is 1.63. The van der Waals surface area contributed by atoms with Gasteiger partial charge in [-0.15, -0.1) is 11.3 Å². The van der Waals surface area contributed by atoms with E-state index in [2.05, 4.69) is 25.2 Å². The van der Waals surface area contributed by atoms with Crippen LogP contribution < -0.4 is 10.2 Å². The Morgan fingerprint density at radius 3 is 2.48 bits per heavy atom. The van der Waals surface area contributed by atoms with Crippen LogP contribution in [0.15, 0.2) is 35.7 Å². The van der Waals surface area contributed by atoms with Crippen molar-refractivity contribution in [3.05, 3.63) is 52.5 Å². The first kappa shape index (κ1) is 22.2. The minimum absolute atomic E-state index is 0.0534. The molecule has 1 aromatic carbocycles. The zero-order valence-electron chi connectivity index (χ0n) is 19.8. The molecule has 174 valence electrons. The van der Waals surface area contributed by atoms with Crippen molar-refractivity contribution in [1.82, 2.24) is 9.88 Å². The van der Waals surface area contributed by atoms with Crippen LogP contribution in [0.5, 0.6) is 0 Å². The van der Waals surface area contributed by atoms with Gasteiger partial charge in [0.25, 0.3) is 5.91 Å². The predicted octanol–water partition coefficient (Wildman–Crippen LogP) is 5.97. The standard InChI is InChI=1S/C27H33N3O2S/c1-18-11-12-21(15-19(18)2)30-25(31)23-16-24-22(13-14-33-24)29(23)17-27(30,3)26(32)28-20-9-7-5-4-6-8-10-20/h11-16,20H,4-10,17H2,1-3H3,(H,28,32). The van der Waals surface area contributed by atoms with E-state index in [1.165, 1.54) is 24.8 Å². The van der Waals surface area contributed by atoms with E-state index in [0.717, 1.165) is 47.2 Å². The molecule has 1 aliphatic heterocycles. The van der Waals surface area contributed by atoms with Crippen molar-refractivity contribution >= 4 is 39.1 Å². The maximum absolute atomic E-state index is 14.0. The van der Waals surface area contributed by atoms with E-state index in [9.17, 15) is 9.59 Å². The van der Waals surface area contributed by atoms with E-state index in [-0.39, 0.29) is 17.9 Å². The molecule has 1 N–H and O–H groups in total. The molecule has 0 radical (unpaired) electrons. The summed E-state index contributed by atoms with van der Waals surface area (Å²) in [5.74, 6) is -0.161. The number of nitrogens with one attached hydrogen (secondary N) is 1. The number of nitrogens with zero attached hydrogens (tertiary/aromatic N) is 2. The number of anilines is 1. The molecule has 3 aromatic rings. The first-order chi connectivity index (χ1) is 15.9. The molecule has 5 rings (SSSR count). The summed E-state index contributed by atoms with van der Waals surface area (Å²) in [6, 6.07) is 10.3. The van der Waals surface area contributed by atoms with E-state index in [0.29, 0.717) is 12.2 Å². The van der Waals surface area contributed by atoms with Crippen LogP contribution in [0.3, 0.4) is 0 Å². The fourth-order valence-corrected chi connectivity index (χ4v) is 6.25. The summed E-state index contributed by atoms with van der Waals surface area (Å²) in [6.45, 7) is 6.49. The second kappa shape index (κ2) is 8.64. The third-order valence-electron chi connectivity index (χ3n) is 7.58. The van der Waals surface area contributed by atoms with Crippen molar-refractivity contribution in [3.8, 4) is 0 Å². The normalized spacial score (nSPS) is 22.2. The first-order valence-corrected chi connectivity index (χ1v) is 13.1. The lowest BCUT2D eigenvalue weighted by Gasteiger charge is -2.44. The molecular weight excluding hydrogens is 430 g/mol. The predicted molar refractivity (Wildman–Crippen MR) is 135 cm³/mol. The number of carbonyl (C=O) groups excluding carboxylic acids is 2. The van der Waals surface area contributed by atoms with Crippen LogP contribution in [0.2, 0.25) is 0 Å². The molecule has 0 spiro atoms. The molecule has 2 amide bonds. The highest BCUT2D eigenvalue weighted by Gasteiger charge is 2.49. The van der Waals surface area contributed by atoms with Crippen LogP contribution in [0.4, 0.5) is 5.69 Å². The zero-order chi connectivity index (χ0) is 23.2. The number of hydrogen-bond donors (Lipinski definition) is 1. The number of hydrogen-bond acceptors (Lipinski definition) is 3. The molecule has 1 atom stereocenters.